The zero-order chi connectivity index (χ0) is 17.9. The largest absolute Gasteiger partial charge is 0.362 e. The second-order valence-corrected chi connectivity index (χ2v) is 5.86. The molecule has 0 heterocycles. The van der Waals surface area contributed by atoms with Crippen molar-refractivity contribution >= 4 is 20.9 Å². The van der Waals surface area contributed by atoms with Gasteiger partial charge in [0.25, 0.3) is 15.5 Å². The zero-order valence-electron chi connectivity index (χ0n) is 12.1. The van der Waals surface area contributed by atoms with E-state index in [1.165, 1.54) is 19.1 Å². The van der Waals surface area contributed by atoms with Crippen LogP contribution in [0.3, 0.4) is 0 Å². The monoisotopic (exact) mass is 348 g/mol. The van der Waals surface area contributed by atoms with Crippen molar-refractivity contribution in [2.45, 2.75) is 11.8 Å². The number of nitrogens with zero attached hydrogens (tertiary/aromatic N) is 6. The molecule has 0 amide bonds. The zero-order valence-corrected chi connectivity index (χ0v) is 12.9. The van der Waals surface area contributed by atoms with Gasteiger partial charge in [0.2, 0.25) is 10.9 Å². The highest BCUT2D eigenvalue weighted by Gasteiger charge is 2.22. The Morgan fingerprint density at radius 3 is 2.54 bits per heavy atom. The Hall–Kier alpha value is -3.17. The standard InChI is InChI=1S/C12H8N6O5S/c1-2-23-24(21,22)7-5-3-4-6-8(7)9(15-17-13)10(16-18-14)12(20)11(6)19/h3-5H,2H2,1H3. The number of hydrogen-bond donors (Lipinski definition) is 0. The van der Waals surface area contributed by atoms with Crippen LogP contribution in [0.25, 0.3) is 21.4 Å². The van der Waals surface area contributed by atoms with Crippen molar-refractivity contribution in [3.05, 3.63) is 60.0 Å². The van der Waals surface area contributed by atoms with Gasteiger partial charge in [0.05, 0.1) is 12.0 Å². The highest BCUT2D eigenvalue weighted by atomic mass is 32.2. The molecule has 11 nitrogen and oxygen atoms in total. The van der Waals surface area contributed by atoms with E-state index >= 15 is 0 Å². The fraction of sp³-hybridized carbons (Fsp3) is 0.167. The smallest absolute Gasteiger partial charge is 0.339 e. The van der Waals surface area contributed by atoms with E-state index < -0.39 is 36.6 Å². The highest BCUT2D eigenvalue weighted by molar-refractivity contribution is 7.87. The second kappa shape index (κ2) is 6.52. The average Bonchev–Trinajstić information content (AvgIpc) is 2.55. The van der Waals surface area contributed by atoms with Crippen molar-refractivity contribution in [1.29, 1.82) is 5.39 Å². The Balaban J connectivity index is 3.32. The molecule has 0 saturated carbocycles. The molecule has 122 valence electrons. The summed E-state index contributed by atoms with van der Waals surface area (Å²) >= 11 is 0. The van der Waals surface area contributed by atoms with Crippen molar-refractivity contribution in [2.75, 3.05) is 6.61 Å². The molecule has 0 aliphatic heterocycles. The van der Waals surface area contributed by atoms with Gasteiger partial charge in [0.15, 0.2) is 10.5 Å². The topological polar surface area (TPSA) is 165 Å². The minimum absolute atomic E-state index is 0.178. The number of benzene rings is 2. The Morgan fingerprint density at radius 1 is 1.25 bits per heavy atom. The molecule has 0 saturated heterocycles. The minimum Gasteiger partial charge on any atom is -0.362 e. The summed E-state index contributed by atoms with van der Waals surface area (Å²) in [5, 5.41) is 18.0. The highest BCUT2D eigenvalue weighted by Crippen LogP contribution is 2.19. The van der Waals surface area contributed by atoms with Crippen LogP contribution in [-0.2, 0) is 14.3 Å². The summed E-state index contributed by atoms with van der Waals surface area (Å²) in [7, 11) is -4.30. The first-order chi connectivity index (χ1) is 11.4. The van der Waals surface area contributed by atoms with Crippen molar-refractivity contribution in [3.63, 3.8) is 0 Å². The molecule has 0 aliphatic rings. The molecule has 0 aliphatic carbocycles. The van der Waals surface area contributed by atoms with Crippen LogP contribution in [0.15, 0.2) is 48.1 Å². The van der Waals surface area contributed by atoms with Gasteiger partial charge < -0.3 is 10.6 Å². The van der Waals surface area contributed by atoms with Crippen LogP contribution in [0.4, 0.5) is 0 Å². The molecule has 0 spiro atoms. The van der Waals surface area contributed by atoms with Crippen molar-refractivity contribution < 1.29 is 12.6 Å². The molecule has 2 rings (SSSR count). The van der Waals surface area contributed by atoms with E-state index in [0.717, 1.165) is 6.07 Å². The molecule has 2 aromatic rings. The molecule has 0 radical (unpaired) electrons. The third-order valence-corrected chi connectivity index (χ3v) is 4.41. The van der Waals surface area contributed by atoms with Gasteiger partial charge in [-0.1, -0.05) is 12.1 Å². The van der Waals surface area contributed by atoms with Crippen LogP contribution < -0.4 is 21.6 Å². The lowest BCUT2D eigenvalue weighted by molar-refractivity contribution is 0.338. The Kier molecular flexibility index (Phi) is 4.67. The van der Waals surface area contributed by atoms with Gasteiger partial charge in [-0.15, -0.1) is 0 Å². The van der Waals surface area contributed by atoms with E-state index in [-0.39, 0.29) is 17.4 Å². The third-order valence-electron chi connectivity index (χ3n) is 2.99. The average molecular weight is 348 g/mol. The summed E-state index contributed by atoms with van der Waals surface area (Å²) < 4.78 is 29.1. The van der Waals surface area contributed by atoms with E-state index in [4.69, 9.17) is 10.9 Å². The molecular weight excluding hydrogens is 340 g/mol. The van der Waals surface area contributed by atoms with E-state index in [1.807, 2.05) is 0 Å². The summed E-state index contributed by atoms with van der Waals surface area (Å²) in [6, 6.07) is 3.55. The molecule has 2 aromatic carbocycles. The molecule has 24 heavy (non-hydrogen) atoms. The van der Waals surface area contributed by atoms with Gasteiger partial charge in [-0.05, 0) is 13.0 Å². The van der Waals surface area contributed by atoms with E-state index in [1.54, 1.807) is 0 Å². The second-order valence-electron chi connectivity index (χ2n) is 4.27. The molecule has 0 fully saturated rings. The summed E-state index contributed by atoms with van der Waals surface area (Å²) in [6.07, 6.45) is 0. The van der Waals surface area contributed by atoms with Crippen molar-refractivity contribution in [2.24, 2.45) is 15.4 Å². The van der Waals surface area contributed by atoms with Crippen molar-refractivity contribution in [3.8, 4) is 0 Å². The summed E-state index contributed by atoms with van der Waals surface area (Å²) in [5.41, 5.74) is 6.27. The van der Waals surface area contributed by atoms with Crippen LogP contribution in [0.2, 0.25) is 0 Å². The van der Waals surface area contributed by atoms with Crippen LogP contribution in [-0.4, -0.2) is 15.0 Å². The van der Waals surface area contributed by atoms with Gasteiger partial charge in [-0.2, -0.15) is 8.42 Å². The maximum absolute atomic E-state index is 12.2. The van der Waals surface area contributed by atoms with Crippen LogP contribution in [0.1, 0.15) is 6.92 Å². The Labute approximate surface area is 133 Å². The number of hydrogen-bond acceptors (Lipinski definition) is 8. The normalized spacial score (nSPS) is 13.2. The van der Waals surface area contributed by atoms with Crippen LogP contribution in [0, 0.1) is 5.39 Å². The SMILES string of the molecule is CCOS(=O)(=O)c1cccc2c(=O)c(=O)c(=NN=[N-])c(=N[N+]#N)c12. The summed E-state index contributed by atoms with van der Waals surface area (Å²) in [5.74, 6) is 0. The molecule has 0 N–H and O–H groups in total. The Bertz CT molecular complexity index is 1200. The van der Waals surface area contributed by atoms with E-state index in [2.05, 4.69) is 24.7 Å². The number of fused-ring (bicyclic) bond motifs is 1. The lowest BCUT2D eigenvalue weighted by Crippen LogP contribution is -2.48. The maximum atomic E-state index is 12.2. The third kappa shape index (κ3) is 2.73. The Morgan fingerprint density at radius 2 is 1.96 bits per heavy atom. The quantitative estimate of drug-likeness (QED) is 0.241. The fourth-order valence-electron chi connectivity index (χ4n) is 2.13. The first-order valence-electron chi connectivity index (χ1n) is 6.35. The molecule has 0 atom stereocenters. The predicted molar refractivity (Wildman–Crippen MR) is 79.7 cm³/mol. The van der Waals surface area contributed by atoms with Gasteiger partial charge in [0.1, 0.15) is 4.90 Å². The number of rotatable bonds is 4. The minimum atomic E-state index is -4.30. The van der Waals surface area contributed by atoms with Crippen molar-refractivity contribution in [1.82, 2.24) is 0 Å². The molecule has 12 heteroatoms. The summed E-state index contributed by atoms with van der Waals surface area (Å²) in [6.45, 7) is 1.26. The van der Waals surface area contributed by atoms with E-state index in [0.29, 0.717) is 0 Å². The van der Waals surface area contributed by atoms with E-state index in [9.17, 15) is 18.0 Å². The predicted octanol–water partition coefficient (Wildman–Crippen LogP) is -0.333. The lowest BCUT2D eigenvalue weighted by atomic mass is 10.1. The van der Waals surface area contributed by atoms with Gasteiger partial charge in [0, 0.05) is 10.8 Å². The fourth-order valence-corrected chi connectivity index (χ4v) is 3.27. The molecular formula is C12H8N6O5S. The lowest BCUT2D eigenvalue weighted by Gasteiger charge is -2.06. The van der Waals surface area contributed by atoms with Crippen LogP contribution >= 0.6 is 0 Å². The van der Waals surface area contributed by atoms with Gasteiger partial charge >= 0.3 is 5.08 Å². The van der Waals surface area contributed by atoms with Gasteiger partial charge in [-0.25, -0.2) is 0 Å². The van der Waals surface area contributed by atoms with Gasteiger partial charge in [-0.3, -0.25) is 19.0 Å². The van der Waals surface area contributed by atoms with Crippen LogP contribution in [0.5, 0.6) is 0 Å². The maximum Gasteiger partial charge on any atom is 0.339 e. The first kappa shape index (κ1) is 17.2. The number of diazo groups is 1. The first-order valence-corrected chi connectivity index (χ1v) is 7.76. The molecule has 0 bridgehead atoms. The molecule has 0 aromatic heterocycles. The summed E-state index contributed by atoms with van der Waals surface area (Å²) in [4.78, 5) is 23.7. The molecule has 0 unspecified atom stereocenters.